The molecule has 0 spiro atoms. The summed E-state index contributed by atoms with van der Waals surface area (Å²) in [6, 6.07) is 0.133. The zero-order valence-corrected chi connectivity index (χ0v) is 13.2. The minimum absolute atomic E-state index is 0. The maximum atomic E-state index is 13.8. The van der Waals surface area contributed by atoms with E-state index in [0.717, 1.165) is 12.1 Å². The van der Waals surface area contributed by atoms with E-state index >= 15 is 0 Å². The Hall–Kier alpha value is -0.270. The molecular formula is C12H15Cl3F4N2. The quantitative estimate of drug-likeness (QED) is 0.818. The van der Waals surface area contributed by atoms with Gasteiger partial charge in [0.2, 0.25) is 0 Å². The number of rotatable bonds is 3. The first kappa shape index (κ1) is 20.7. The smallest absolute Gasteiger partial charge is 0.258 e. The molecule has 2 nitrogen and oxygen atoms in total. The molecule has 0 unspecified atom stereocenters. The molecule has 2 rings (SSSR count). The Labute approximate surface area is 137 Å². The van der Waals surface area contributed by atoms with Gasteiger partial charge in [0.15, 0.2) is 0 Å². The Morgan fingerprint density at radius 2 is 1.52 bits per heavy atom. The van der Waals surface area contributed by atoms with Gasteiger partial charge in [-0.25, -0.2) is 17.6 Å². The molecular weight excluding hydrogens is 354 g/mol. The van der Waals surface area contributed by atoms with Gasteiger partial charge in [0.05, 0.1) is 0 Å². The highest BCUT2D eigenvalue weighted by Crippen LogP contribution is 2.33. The molecule has 1 fully saturated rings. The number of hydrogen-bond donors (Lipinski definition) is 1. The molecule has 9 heteroatoms. The Bertz CT molecular complexity index is 433. The van der Waals surface area contributed by atoms with Crippen LogP contribution in [0.3, 0.4) is 0 Å². The van der Waals surface area contributed by atoms with Gasteiger partial charge >= 0.3 is 0 Å². The second-order valence-corrected chi connectivity index (χ2v) is 4.78. The maximum Gasteiger partial charge on any atom is 0.258 e. The number of halogens is 7. The number of alkyl halides is 2. The van der Waals surface area contributed by atoms with E-state index < -0.39 is 29.7 Å². The van der Waals surface area contributed by atoms with E-state index in [9.17, 15) is 17.6 Å². The molecule has 21 heavy (non-hydrogen) atoms. The summed E-state index contributed by atoms with van der Waals surface area (Å²) in [6.45, 7) is 1.66. The Morgan fingerprint density at radius 3 is 1.95 bits per heavy atom. The average Bonchev–Trinajstić information content (AvgIpc) is 2.34. The van der Waals surface area contributed by atoms with Crippen molar-refractivity contribution < 1.29 is 17.6 Å². The second kappa shape index (κ2) is 9.00. The van der Waals surface area contributed by atoms with Crippen LogP contribution in [0.1, 0.15) is 11.6 Å². The van der Waals surface area contributed by atoms with Gasteiger partial charge in [-0.05, 0) is 12.1 Å². The van der Waals surface area contributed by atoms with Gasteiger partial charge < -0.3 is 5.32 Å². The van der Waals surface area contributed by atoms with Crippen LogP contribution in [-0.2, 0) is 0 Å². The standard InChI is InChI=1S/C12H13ClF4N2.2ClH/c13-7-5-8(14)10(9(15)6-7)11(12(16)17)19-3-1-18-2-4-19;;/h5-6,11-12,18H,1-4H2;2*1H/t11-;;/m0../s1. The molecule has 0 aromatic heterocycles. The maximum absolute atomic E-state index is 13.8. The molecule has 1 aromatic rings. The van der Waals surface area contributed by atoms with Crippen LogP contribution < -0.4 is 5.32 Å². The topological polar surface area (TPSA) is 15.3 Å². The fourth-order valence-electron chi connectivity index (χ4n) is 2.26. The van der Waals surface area contributed by atoms with Crippen molar-refractivity contribution in [2.75, 3.05) is 26.2 Å². The van der Waals surface area contributed by atoms with Gasteiger partial charge in [-0.1, -0.05) is 11.6 Å². The number of benzene rings is 1. The van der Waals surface area contributed by atoms with Crippen LogP contribution in [-0.4, -0.2) is 37.5 Å². The average molecular weight is 370 g/mol. The van der Waals surface area contributed by atoms with E-state index in [1.807, 2.05) is 0 Å². The van der Waals surface area contributed by atoms with E-state index in [4.69, 9.17) is 11.6 Å². The Balaban J connectivity index is 0.00000200. The third-order valence-electron chi connectivity index (χ3n) is 3.12. The first-order valence-electron chi connectivity index (χ1n) is 5.88. The summed E-state index contributed by atoms with van der Waals surface area (Å²) >= 11 is 5.50. The summed E-state index contributed by atoms with van der Waals surface area (Å²) in [4.78, 5) is 1.39. The van der Waals surface area contributed by atoms with E-state index in [1.165, 1.54) is 4.90 Å². The molecule has 1 N–H and O–H groups in total. The summed E-state index contributed by atoms with van der Waals surface area (Å²) in [5.41, 5.74) is -0.610. The first-order valence-corrected chi connectivity index (χ1v) is 6.26. The minimum Gasteiger partial charge on any atom is -0.314 e. The van der Waals surface area contributed by atoms with E-state index in [-0.39, 0.29) is 29.8 Å². The van der Waals surface area contributed by atoms with Crippen LogP contribution >= 0.6 is 36.4 Å². The van der Waals surface area contributed by atoms with Crippen LogP contribution in [0.15, 0.2) is 12.1 Å². The summed E-state index contributed by atoms with van der Waals surface area (Å²) in [7, 11) is 0. The van der Waals surface area contributed by atoms with Crippen molar-refractivity contribution in [2.24, 2.45) is 0 Å². The fourth-order valence-corrected chi connectivity index (χ4v) is 2.46. The van der Waals surface area contributed by atoms with Crippen molar-refractivity contribution in [3.8, 4) is 0 Å². The zero-order valence-electron chi connectivity index (χ0n) is 10.8. The lowest BCUT2D eigenvalue weighted by Crippen LogP contribution is -2.47. The molecule has 122 valence electrons. The van der Waals surface area contributed by atoms with Crippen LogP contribution in [0.2, 0.25) is 5.02 Å². The van der Waals surface area contributed by atoms with Crippen molar-refractivity contribution in [1.82, 2.24) is 10.2 Å². The van der Waals surface area contributed by atoms with Crippen LogP contribution in [0.25, 0.3) is 0 Å². The molecule has 0 amide bonds. The number of nitrogens with one attached hydrogen (secondary N) is 1. The first-order chi connectivity index (χ1) is 9.00. The number of hydrogen-bond acceptors (Lipinski definition) is 2. The van der Waals surface area contributed by atoms with E-state index in [1.54, 1.807) is 0 Å². The molecule has 0 aliphatic carbocycles. The highest BCUT2D eigenvalue weighted by molar-refractivity contribution is 6.30. The van der Waals surface area contributed by atoms with Gasteiger partial charge in [0.25, 0.3) is 6.43 Å². The highest BCUT2D eigenvalue weighted by Gasteiger charge is 2.34. The number of nitrogens with zero attached hydrogens (tertiary/aromatic N) is 1. The highest BCUT2D eigenvalue weighted by atomic mass is 35.5. The summed E-state index contributed by atoms with van der Waals surface area (Å²) in [6.07, 6.45) is -2.87. The largest absolute Gasteiger partial charge is 0.314 e. The van der Waals surface area contributed by atoms with Crippen molar-refractivity contribution in [2.45, 2.75) is 12.5 Å². The lowest BCUT2D eigenvalue weighted by molar-refractivity contribution is 0.0145. The summed E-state index contributed by atoms with van der Waals surface area (Å²) in [5.74, 6) is -2.07. The summed E-state index contributed by atoms with van der Waals surface area (Å²) in [5, 5.41) is 2.86. The van der Waals surface area contributed by atoms with Gasteiger partial charge in [0, 0.05) is 36.8 Å². The van der Waals surface area contributed by atoms with Crippen molar-refractivity contribution in [3.05, 3.63) is 34.4 Å². The third-order valence-corrected chi connectivity index (χ3v) is 3.34. The van der Waals surface area contributed by atoms with Gasteiger partial charge in [-0.3, -0.25) is 4.90 Å². The third kappa shape index (κ3) is 4.86. The zero-order chi connectivity index (χ0) is 14.0. The van der Waals surface area contributed by atoms with Crippen LogP contribution in [0.5, 0.6) is 0 Å². The SMILES string of the molecule is Cl.Cl.Fc1cc(Cl)cc(F)c1[C@@H](C(F)F)N1CCNCC1. The monoisotopic (exact) mass is 368 g/mol. The van der Waals surface area contributed by atoms with Gasteiger partial charge in [0.1, 0.15) is 17.7 Å². The fraction of sp³-hybridized carbons (Fsp3) is 0.500. The normalized spacial score (nSPS) is 17.0. The minimum atomic E-state index is -2.87. The van der Waals surface area contributed by atoms with E-state index in [2.05, 4.69) is 5.32 Å². The molecule has 0 saturated carbocycles. The molecule has 1 aromatic carbocycles. The van der Waals surface area contributed by atoms with Crippen molar-refractivity contribution >= 4 is 36.4 Å². The molecule has 1 heterocycles. The molecule has 1 atom stereocenters. The second-order valence-electron chi connectivity index (χ2n) is 4.35. The lowest BCUT2D eigenvalue weighted by Gasteiger charge is -2.34. The van der Waals surface area contributed by atoms with Gasteiger partial charge in [-0.2, -0.15) is 0 Å². The van der Waals surface area contributed by atoms with Gasteiger partial charge in [-0.15, -0.1) is 24.8 Å². The lowest BCUT2D eigenvalue weighted by atomic mass is 10.0. The molecule has 0 radical (unpaired) electrons. The molecule has 1 aliphatic heterocycles. The Morgan fingerprint density at radius 1 is 1.05 bits per heavy atom. The summed E-state index contributed by atoms with van der Waals surface area (Å²) < 4.78 is 54.0. The Kier molecular flexibility index (Phi) is 8.89. The number of piperazine rings is 1. The van der Waals surface area contributed by atoms with Crippen molar-refractivity contribution in [1.29, 1.82) is 0 Å². The molecule has 0 bridgehead atoms. The van der Waals surface area contributed by atoms with Crippen molar-refractivity contribution in [3.63, 3.8) is 0 Å². The van der Waals surface area contributed by atoms with E-state index in [0.29, 0.717) is 26.2 Å². The van der Waals surface area contributed by atoms with Crippen LogP contribution in [0.4, 0.5) is 17.6 Å². The predicted molar refractivity (Wildman–Crippen MR) is 79.1 cm³/mol. The molecule has 1 aliphatic rings. The predicted octanol–water partition coefficient (Wildman–Crippen LogP) is 3.67. The molecule has 1 saturated heterocycles. The van der Waals surface area contributed by atoms with Crippen LogP contribution in [0, 0.1) is 11.6 Å².